The van der Waals surface area contributed by atoms with Crippen molar-refractivity contribution in [3.8, 4) is 0 Å². The first kappa shape index (κ1) is 15.5. The van der Waals surface area contributed by atoms with Crippen LogP contribution < -0.4 is 11.1 Å². The van der Waals surface area contributed by atoms with Crippen molar-refractivity contribution in [2.24, 2.45) is 0 Å². The van der Waals surface area contributed by atoms with E-state index in [0.29, 0.717) is 23.1 Å². The topological polar surface area (TPSA) is 63.8 Å². The summed E-state index contributed by atoms with van der Waals surface area (Å²) in [5, 5.41) is 3.16. The monoisotopic (exact) mass is 308 g/mol. The lowest BCUT2D eigenvalue weighted by molar-refractivity contribution is 0.546. The first-order valence-electron chi connectivity index (χ1n) is 6.55. The van der Waals surface area contributed by atoms with Crippen LogP contribution in [0, 0.1) is 12.7 Å². The summed E-state index contributed by atoms with van der Waals surface area (Å²) < 4.78 is 13.2. The van der Waals surface area contributed by atoms with Crippen LogP contribution in [-0.2, 0) is 5.41 Å². The highest BCUT2D eigenvalue weighted by Crippen LogP contribution is 2.28. The molecule has 1 aromatic heterocycles. The summed E-state index contributed by atoms with van der Waals surface area (Å²) >= 11 is 5.78. The van der Waals surface area contributed by atoms with Gasteiger partial charge in [0.05, 0.1) is 5.02 Å². The second-order valence-electron chi connectivity index (χ2n) is 5.91. The van der Waals surface area contributed by atoms with Crippen LogP contribution in [0.2, 0.25) is 5.02 Å². The minimum Gasteiger partial charge on any atom is -0.383 e. The first-order chi connectivity index (χ1) is 9.68. The molecule has 1 heterocycles. The van der Waals surface area contributed by atoms with Crippen molar-refractivity contribution < 1.29 is 4.39 Å². The zero-order chi connectivity index (χ0) is 15.8. The summed E-state index contributed by atoms with van der Waals surface area (Å²) in [4.78, 5) is 8.83. The lowest BCUT2D eigenvalue weighted by Crippen LogP contribution is -2.18. The van der Waals surface area contributed by atoms with Crippen LogP contribution in [0.5, 0.6) is 0 Å². The average molecular weight is 309 g/mol. The molecular formula is C15H18ClFN4. The van der Waals surface area contributed by atoms with E-state index in [9.17, 15) is 4.39 Å². The smallest absolute Gasteiger partial charge is 0.141 e. The molecule has 0 spiro atoms. The fourth-order valence-corrected chi connectivity index (χ4v) is 1.88. The predicted octanol–water partition coefficient (Wildman–Crippen LogP) is 4.20. The van der Waals surface area contributed by atoms with Crippen molar-refractivity contribution in [2.45, 2.75) is 33.1 Å². The van der Waals surface area contributed by atoms with Crippen molar-refractivity contribution in [1.29, 1.82) is 0 Å². The molecular weight excluding hydrogens is 291 g/mol. The maximum absolute atomic E-state index is 13.2. The Kier molecular flexibility index (Phi) is 4.05. The van der Waals surface area contributed by atoms with Crippen LogP contribution in [0.4, 0.5) is 21.7 Å². The second-order valence-corrected chi connectivity index (χ2v) is 6.32. The van der Waals surface area contributed by atoms with Gasteiger partial charge >= 0.3 is 0 Å². The molecule has 0 amide bonds. The maximum Gasteiger partial charge on any atom is 0.141 e. The summed E-state index contributed by atoms with van der Waals surface area (Å²) in [6.07, 6.45) is 0. The standard InChI is InChI=1S/C15H18ClFN4/c1-8-12(18)20-14(15(2,3)4)21-13(8)19-9-5-6-11(17)10(16)7-9/h5-7H,1-4H3,(H3,18,19,20,21). The molecule has 0 radical (unpaired) electrons. The van der Waals surface area contributed by atoms with Gasteiger partial charge in [-0.1, -0.05) is 32.4 Å². The van der Waals surface area contributed by atoms with Gasteiger partial charge in [-0.05, 0) is 25.1 Å². The van der Waals surface area contributed by atoms with Gasteiger partial charge in [0, 0.05) is 16.7 Å². The SMILES string of the molecule is Cc1c(N)nc(C(C)(C)C)nc1Nc1ccc(F)c(Cl)c1. The fraction of sp³-hybridized carbons (Fsp3) is 0.333. The normalized spacial score (nSPS) is 11.5. The number of hydrogen-bond donors (Lipinski definition) is 2. The number of benzene rings is 1. The molecule has 0 atom stereocenters. The Morgan fingerprint density at radius 3 is 2.48 bits per heavy atom. The number of nitrogens with one attached hydrogen (secondary N) is 1. The van der Waals surface area contributed by atoms with Crippen molar-refractivity contribution >= 4 is 28.9 Å². The molecule has 0 fully saturated rings. The molecule has 0 unspecified atom stereocenters. The van der Waals surface area contributed by atoms with Gasteiger partial charge in [-0.15, -0.1) is 0 Å². The van der Waals surface area contributed by atoms with E-state index in [1.54, 1.807) is 6.07 Å². The van der Waals surface area contributed by atoms with Gasteiger partial charge in [-0.25, -0.2) is 14.4 Å². The Bertz CT molecular complexity index is 680. The molecule has 3 N–H and O–H groups in total. The van der Waals surface area contributed by atoms with Gasteiger partial charge in [0.2, 0.25) is 0 Å². The summed E-state index contributed by atoms with van der Waals surface area (Å²) in [6.45, 7) is 7.86. The van der Waals surface area contributed by atoms with E-state index in [-0.39, 0.29) is 10.4 Å². The third-order valence-corrected chi connectivity index (χ3v) is 3.33. The number of anilines is 3. The van der Waals surface area contributed by atoms with Gasteiger partial charge in [0.15, 0.2) is 0 Å². The minimum absolute atomic E-state index is 0.0516. The van der Waals surface area contributed by atoms with E-state index in [1.165, 1.54) is 12.1 Å². The molecule has 0 aliphatic rings. The van der Waals surface area contributed by atoms with Gasteiger partial charge in [0.25, 0.3) is 0 Å². The quantitative estimate of drug-likeness (QED) is 0.872. The molecule has 2 aromatic rings. The highest BCUT2D eigenvalue weighted by molar-refractivity contribution is 6.31. The zero-order valence-corrected chi connectivity index (χ0v) is 13.2. The molecule has 1 aromatic carbocycles. The van der Waals surface area contributed by atoms with Gasteiger partial charge < -0.3 is 11.1 Å². The molecule has 0 saturated heterocycles. The highest BCUT2D eigenvalue weighted by Gasteiger charge is 2.20. The third-order valence-electron chi connectivity index (χ3n) is 3.04. The van der Waals surface area contributed by atoms with Crippen molar-refractivity contribution in [1.82, 2.24) is 9.97 Å². The van der Waals surface area contributed by atoms with Crippen LogP contribution in [-0.4, -0.2) is 9.97 Å². The van der Waals surface area contributed by atoms with Gasteiger partial charge in [0.1, 0.15) is 23.3 Å². The molecule has 21 heavy (non-hydrogen) atoms. The Labute approximate surface area is 128 Å². The van der Waals surface area contributed by atoms with Crippen LogP contribution in [0.15, 0.2) is 18.2 Å². The molecule has 4 nitrogen and oxygen atoms in total. The van der Waals surface area contributed by atoms with Gasteiger partial charge in [-0.2, -0.15) is 0 Å². The molecule has 0 aliphatic carbocycles. The van der Waals surface area contributed by atoms with Crippen LogP contribution >= 0.6 is 11.6 Å². The second kappa shape index (κ2) is 5.48. The zero-order valence-electron chi connectivity index (χ0n) is 12.5. The molecule has 0 bridgehead atoms. The van der Waals surface area contributed by atoms with E-state index >= 15 is 0 Å². The average Bonchev–Trinajstić information content (AvgIpc) is 2.38. The minimum atomic E-state index is -0.462. The number of hydrogen-bond acceptors (Lipinski definition) is 4. The molecule has 112 valence electrons. The number of nitrogen functional groups attached to an aromatic ring is 1. The summed E-state index contributed by atoms with van der Waals surface area (Å²) in [5.41, 5.74) is 7.11. The molecule has 0 saturated carbocycles. The lowest BCUT2D eigenvalue weighted by atomic mass is 9.95. The number of rotatable bonds is 2. The van der Waals surface area contributed by atoms with E-state index in [4.69, 9.17) is 17.3 Å². The van der Waals surface area contributed by atoms with E-state index in [2.05, 4.69) is 15.3 Å². The van der Waals surface area contributed by atoms with Crippen LogP contribution in [0.3, 0.4) is 0 Å². The summed E-state index contributed by atoms with van der Waals surface area (Å²) in [6, 6.07) is 4.40. The Hall–Kier alpha value is -1.88. The Morgan fingerprint density at radius 1 is 1.24 bits per heavy atom. The molecule has 2 rings (SSSR count). The van der Waals surface area contributed by atoms with E-state index in [1.807, 2.05) is 27.7 Å². The highest BCUT2D eigenvalue weighted by atomic mass is 35.5. The van der Waals surface area contributed by atoms with Crippen molar-refractivity contribution in [2.75, 3.05) is 11.1 Å². The van der Waals surface area contributed by atoms with Crippen LogP contribution in [0.25, 0.3) is 0 Å². The number of nitrogens with zero attached hydrogens (tertiary/aromatic N) is 2. The Morgan fingerprint density at radius 2 is 1.90 bits per heavy atom. The Balaban J connectivity index is 2.43. The third kappa shape index (κ3) is 3.42. The van der Waals surface area contributed by atoms with E-state index < -0.39 is 5.82 Å². The fourth-order valence-electron chi connectivity index (χ4n) is 1.70. The number of aromatic nitrogens is 2. The number of halogens is 2. The predicted molar refractivity (Wildman–Crippen MR) is 84.6 cm³/mol. The first-order valence-corrected chi connectivity index (χ1v) is 6.93. The summed E-state index contributed by atoms with van der Waals surface area (Å²) in [5.74, 6) is 1.19. The lowest BCUT2D eigenvalue weighted by Gasteiger charge is -2.20. The number of nitrogens with two attached hydrogens (primary N) is 1. The largest absolute Gasteiger partial charge is 0.383 e. The van der Waals surface area contributed by atoms with Crippen molar-refractivity contribution in [3.05, 3.63) is 40.4 Å². The maximum atomic E-state index is 13.2. The molecule has 0 aliphatic heterocycles. The van der Waals surface area contributed by atoms with Gasteiger partial charge in [-0.3, -0.25) is 0 Å². The van der Waals surface area contributed by atoms with Crippen molar-refractivity contribution in [3.63, 3.8) is 0 Å². The van der Waals surface area contributed by atoms with E-state index in [0.717, 1.165) is 5.56 Å². The summed E-state index contributed by atoms with van der Waals surface area (Å²) in [7, 11) is 0. The van der Waals surface area contributed by atoms with Crippen LogP contribution in [0.1, 0.15) is 32.2 Å². The molecule has 6 heteroatoms.